The normalized spacial score (nSPS) is 40.2. The van der Waals surface area contributed by atoms with Gasteiger partial charge in [0.2, 0.25) is 5.91 Å². The van der Waals surface area contributed by atoms with Gasteiger partial charge in [0.05, 0.1) is 5.41 Å². The van der Waals surface area contributed by atoms with Crippen molar-refractivity contribution in [1.82, 2.24) is 10.6 Å². The maximum atomic E-state index is 13.5. The van der Waals surface area contributed by atoms with Crippen LogP contribution < -0.4 is 10.6 Å². The molecule has 1 aromatic rings. The quantitative estimate of drug-likeness (QED) is 0.840. The van der Waals surface area contributed by atoms with Crippen molar-refractivity contribution in [1.29, 1.82) is 0 Å². The van der Waals surface area contributed by atoms with Gasteiger partial charge in [-0.05, 0) is 68.8 Å². The van der Waals surface area contributed by atoms with E-state index < -0.39 is 0 Å². The molecule has 142 valence electrons. The molecule has 4 bridgehead atoms. The van der Waals surface area contributed by atoms with Crippen LogP contribution in [-0.2, 0) is 11.2 Å². The highest BCUT2D eigenvalue weighted by molar-refractivity contribution is 5.85. The number of carbonyl (C=O) groups excluding carboxylic acids is 1. The van der Waals surface area contributed by atoms with Crippen molar-refractivity contribution >= 4 is 18.3 Å². The Hall–Kier alpha value is -1.06. The average molecular weight is 375 g/mol. The molecule has 1 aromatic carbocycles. The van der Waals surface area contributed by atoms with E-state index in [0.29, 0.717) is 30.0 Å². The number of hydrogen-bond acceptors (Lipinski definition) is 2. The van der Waals surface area contributed by atoms with Crippen LogP contribution in [0, 0.1) is 17.3 Å². The van der Waals surface area contributed by atoms with E-state index in [9.17, 15) is 4.79 Å². The van der Waals surface area contributed by atoms with Gasteiger partial charge >= 0.3 is 0 Å². The molecule has 5 unspecified atom stereocenters. The number of halogens is 1. The van der Waals surface area contributed by atoms with E-state index in [-0.39, 0.29) is 17.8 Å². The van der Waals surface area contributed by atoms with E-state index in [1.54, 1.807) is 0 Å². The summed E-state index contributed by atoms with van der Waals surface area (Å²) in [6, 6.07) is 12.3. The van der Waals surface area contributed by atoms with E-state index in [4.69, 9.17) is 0 Å². The summed E-state index contributed by atoms with van der Waals surface area (Å²) in [6.07, 6.45) is 10.7. The molecule has 2 saturated heterocycles. The van der Waals surface area contributed by atoms with Crippen molar-refractivity contribution in [2.24, 2.45) is 17.3 Å². The second-order valence-corrected chi connectivity index (χ2v) is 9.18. The summed E-state index contributed by atoms with van der Waals surface area (Å²) in [5, 5.41) is 7.22. The molecule has 0 spiro atoms. The molecule has 5 atom stereocenters. The minimum absolute atomic E-state index is 0. The molecular formula is C22H31ClN2O. The Morgan fingerprint density at radius 1 is 1.04 bits per heavy atom. The summed E-state index contributed by atoms with van der Waals surface area (Å²) in [4.78, 5) is 13.5. The zero-order valence-corrected chi connectivity index (χ0v) is 16.3. The first kappa shape index (κ1) is 18.3. The lowest BCUT2D eigenvalue weighted by Crippen LogP contribution is -2.53. The summed E-state index contributed by atoms with van der Waals surface area (Å²) >= 11 is 0. The van der Waals surface area contributed by atoms with Crippen molar-refractivity contribution in [3.05, 3.63) is 35.9 Å². The minimum Gasteiger partial charge on any atom is -0.353 e. The van der Waals surface area contributed by atoms with Crippen molar-refractivity contribution in [3.8, 4) is 0 Å². The third kappa shape index (κ3) is 3.18. The summed E-state index contributed by atoms with van der Waals surface area (Å²) in [5.74, 6) is 1.75. The zero-order valence-electron chi connectivity index (χ0n) is 15.5. The van der Waals surface area contributed by atoms with Gasteiger partial charge in [0, 0.05) is 18.1 Å². The standard InChI is InChI=1S/C22H30N2O.ClH/c25-21(24-20-11-18-8-9-19(12-20)23-18)22(13-15-4-2-1-3-5-15)14-16-6-7-17(22)10-16;/h1-5,16-20,23H,6-14H2,(H,24,25);1H. The number of nitrogens with one attached hydrogen (secondary N) is 2. The predicted molar refractivity (Wildman–Crippen MR) is 106 cm³/mol. The number of rotatable bonds is 4. The fraction of sp³-hybridized carbons (Fsp3) is 0.682. The molecule has 26 heavy (non-hydrogen) atoms. The Labute approximate surface area is 163 Å². The topological polar surface area (TPSA) is 41.1 Å². The van der Waals surface area contributed by atoms with Gasteiger partial charge in [0.25, 0.3) is 0 Å². The Bertz CT molecular complexity index is 639. The SMILES string of the molecule is Cl.O=C(NC1CC2CCC(C1)N2)C1(Cc2ccccc2)CC2CCC1C2. The van der Waals surface area contributed by atoms with Crippen molar-refractivity contribution < 1.29 is 4.79 Å². The van der Waals surface area contributed by atoms with Gasteiger partial charge in [-0.2, -0.15) is 0 Å². The molecule has 5 rings (SSSR count). The van der Waals surface area contributed by atoms with E-state index in [0.717, 1.165) is 31.6 Å². The van der Waals surface area contributed by atoms with Gasteiger partial charge in [-0.25, -0.2) is 0 Å². The highest BCUT2D eigenvalue weighted by Crippen LogP contribution is 2.57. The van der Waals surface area contributed by atoms with Crippen molar-refractivity contribution in [2.75, 3.05) is 0 Å². The van der Waals surface area contributed by atoms with Crippen LogP contribution in [0.2, 0.25) is 0 Å². The number of carbonyl (C=O) groups is 1. The molecule has 2 heterocycles. The fourth-order valence-electron chi connectivity index (χ4n) is 6.48. The highest BCUT2D eigenvalue weighted by atomic mass is 35.5. The van der Waals surface area contributed by atoms with Gasteiger partial charge in [-0.3, -0.25) is 4.79 Å². The van der Waals surface area contributed by atoms with E-state index in [1.165, 1.54) is 37.7 Å². The monoisotopic (exact) mass is 374 g/mol. The average Bonchev–Trinajstić information content (AvgIpc) is 3.31. The molecule has 0 aromatic heterocycles. The first-order valence-electron chi connectivity index (χ1n) is 10.3. The lowest BCUT2D eigenvalue weighted by Gasteiger charge is -2.39. The Kier molecular flexibility index (Phi) is 5.04. The largest absolute Gasteiger partial charge is 0.353 e. The summed E-state index contributed by atoms with van der Waals surface area (Å²) in [5.41, 5.74) is 1.18. The Morgan fingerprint density at radius 2 is 1.77 bits per heavy atom. The third-order valence-corrected chi connectivity index (χ3v) is 7.60. The first-order chi connectivity index (χ1) is 12.2. The van der Waals surface area contributed by atoms with Crippen LogP contribution in [-0.4, -0.2) is 24.0 Å². The molecule has 4 heteroatoms. The second-order valence-electron chi connectivity index (χ2n) is 9.18. The Morgan fingerprint density at radius 3 is 2.38 bits per heavy atom. The van der Waals surface area contributed by atoms with Crippen LogP contribution in [0.1, 0.15) is 56.9 Å². The van der Waals surface area contributed by atoms with E-state index in [2.05, 4.69) is 41.0 Å². The van der Waals surface area contributed by atoms with Crippen LogP contribution in [0.3, 0.4) is 0 Å². The molecule has 1 amide bonds. The van der Waals surface area contributed by atoms with Crippen LogP contribution in [0.15, 0.2) is 30.3 Å². The molecular weight excluding hydrogens is 344 g/mol. The van der Waals surface area contributed by atoms with Crippen LogP contribution in [0.5, 0.6) is 0 Å². The predicted octanol–water partition coefficient (Wildman–Crippen LogP) is 3.86. The second kappa shape index (κ2) is 7.16. The maximum absolute atomic E-state index is 13.5. The number of hydrogen-bond donors (Lipinski definition) is 2. The van der Waals surface area contributed by atoms with E-state index >= 15 is 0 Å². The van der Waals surface area contributed by atoms with Crippen molar-refractivity contribution in [2.45, 2.75) is 75.9 Å². The summed E-state index contributed by atoms with van der Waals surface area (Å²) < 4.78 is 0. The molecule has 0 radical (unpaired) electrons. The van der Waals surface area contributed by atoms with Gasteiger partial charge in [0.15, 0.2) is 0 Å². The molecule has 4 fully saturated rings. The molecule has 2 aliphatic heterocycles. The zero-order chi connectivity index (χ0) is 16.9. The number of amides is 1. The van der Waals surface area contributed by atoms with Crippen LogP contribution in [0.4, 0.5) is 0 Å². The van der Waals surface area contributed by atoms with Gasteiger partial charge in [0.1, 0.15) is 0 Å². The molecule has 2 saturated carbocycles. The highest BCUT2D eigenvalue weighted by Gasteiger charge is 2.55. The maximum Gasteiger partial charge on any atom is 0.227 e. The van der Waals surface area contributed by atoms with Crippen LogP contribution >= 0.6 is 12.4 Å². The number of piperidine rings is 1. The summed E-state index contributed by atoms with van der Waals surface area (Å²) in [6.45, 7) is 0. The lowest BCUT2D eigenvalue weighted by atomic mass is 9.68. The molecule has 2 N–H and O–H groups in total. The number of fused-ring (bicyclic) bond motifs is 4. The van der Waals surface area contributed by atoms with Gasteiger partial charge < -0.3 is 10.6 Å². The molecule has 4 aliphatic rings. The number of benzene rings is 1. The van der Waals surface area contributed by atoms with Crippen molar-refractivity contribution in [3.63, 3.8) is 0 Å². The lowest BCUT2D eigenvalue weighted by molar-refractivity contribution is -0.135. The Balaban J connectivity index is 0.00000168. The molecule has 3 nitrogen and oxygen atoms in total. The van der Waals surface area contributed by atoms with Gasteiger partial charge in [-0.15, -0.1) is 12.4 Å². The van der Waals surface area contributed by atoms with Crippen LogP contribution in [0.25, 0.3) is 0 Å². The first-order valence-corrected chi connectivity index (χ1v) is 10.3. The van der Waals surface area contributed by atoms with E-state index in [1.807, 2.05) is 0 Å². The smallest absolute Gasteiger partial charge is 0.227 e. The third-order valence-electron chi connectivity index (χ3n) is 7.60. The summed E-state index contributed by atoms with van der Waals surface area (Å²) in [7, 11) is 0. The van der Waals surface area contributed by atoms with Gasteiger partial charge in [-0.1, -0.05) is 36.8 Å². The minimum atomic E-state index is -0.145. The fourth-order valence-corrected chi connectivity index (χ4v) is 6.48. The molecule has 2 aliphatic carbocycles.